The molecule has 0 unspecified atom stereocenters. The van der Waals surface area contributed by atoms with Crippen molar-refractivity contribution in [1.82, 2.24) is 10.3 Å². The van der Waals surface area contributed by atoms with E-state index in [1.54, 1.807) is 0 Å². The predicted molar refractivity (Wildman–Crippen MR) is 127 cm³/mol. The van der Waals surface area contributed by atoms with Crippen LogP contribution in [0.25, 0.3) is 5.70 Å². The zero-order chi connectivity index (χ0) is 22.8. The highest BCUT2D eigenvalue weighted by Gasteiger charge is 2.28. The molecular weight excluding hydrogens is 402 g/mol. The van der Waals surface area contributed by atoms with Gasteiger partial charge in [0.2, 0.25) is 0 Å². The Morgan fingerprint density at radius 3 is 2.47 bits per heavy atom. The van der Waals surface area contributed by atoms with Crippen molar-refractivity contribution < 1.29 is 14.3 Å². The van der Waals surface area contributed by atoms with Crippen molar-refractivity contribution in [3.63, 3.8) is 0 Å². The predicted octanol–water partition coefficient (Wildman–Crippen LogP) is 4.77. The van der Waals surface area contributed by atoms with E-state index < -0.39 is 0 Å². The van der Waals surface area contributed by atoms with Crippen molar-refractivity contribution in [3.05, 3.63) is 71.3 Å². The summed E-state index contributed by atoms with van der Waals surface area (Å²) < 4.78 is 5.89. The van der Waals surface area contributed by atoms with Crippen molar-refractivity contribution in [2.24, 2.45) is 11.0 Å². The molecular formula is C26H31N3O3. The highest BCUT2D eigenvalue weighted by molar-refractivity contribution is 6.02. The van der Waals surface area contributed by atoms with Gasteiger partial charge in [0, 0.05) is 18.2 Å². The van der Waals surface area contributed by atoms with Gasteiger partial charge < -0.3 is 14.8 Å². The Morgan fingerprint density at radius 2 is 1.81 bits per heavy atom. The van der Waals surface area contributed by atoms with Crippen molar-refractivity contribution in [3.8, 4) is 5.75 Å². The lowest BCUT2D eigenvalue weighted by Gasteiger charge is -2.30. The number of hydrogen-bond donors (Lipinski definition) is 1. The number of carbonyl (C=O) groups excluding carboxylic acids is 2. The quantitative estimate of drug-likeness (QED) is 0.409. The number of nitrogens with one attached hydrogen (secondary N) is 1. The molecule has 2 aromatic carbocycles. The molecule has 0 atom stereocenters. The number of benzene rings is 2. The summed E-state index contributed by atoms with van der Waals surface area (Å²) in [5, 5.41) is 8.93. The summed E-state index contributed by atoms with van der Waals surface area (Å²) in [6, 6.07) is 17.9. The number of hydrogen-bond acceptors (Lipinski definition) is 5. The van der Waals surface area contributed by atoms with E-state index in [2.05, 4.69) is 24.3 Å². The number of rotatable bonds is 11. The van der Waals surface area contributed by atoms with Gasteiger partial charge in [0.1, 0.15) is 25.3 Å². The summed E-state index contributed by atoms with van der Waals surface area (Å²) in [5.74, 6) is 1.08. The number of nitrogens with zero attached hydrogens (tertiary/aromatic N) is 2. The maximum atomic E-state index is 13.2. The van der Waals surface area contributed by atoms with Crippen molar-refractivity contribution in [1.29, 1.82) is 0 Å². The number of aldehydes is 1. The maximum Gasteiger partial charge on any atom is 0.273 e. The van der Waals surface area contributed by atoms with Gasteiger partial charge in [-0.15, -0.1) is 0 Å². The first-order chi connectivity index (χ1) is 15.7. The van der Waals surface area contributed by atoms with Crippen LogP contribution in [0.5, 0.6) is 5.75 Å². The summed E-state index contributed by atoms with van der Waals surface area (Å²) >= 11 is 0. The van der Waals surface area contributed by atoms with Gasteiger partial charge in [0.05, 0.1) is 5.70 Å². The first-order valence-electron chi connectivity index (χ1n) is 11.2. The Bertz CT molecular complexity index is 948. The van der Waals surface area contributed by atoms with E-state index in [0.29, 0.717) is 18.9 Å². The fourth-order valence-corrected chi connectivity index (χ4v) is 3.67. The fraction of sp³-hybridized carbons (Fsp3) is 0.346. The molecule has 1 amide bonds. The minimum absolute atomic E-state index is 0.114. The van der Waals surface area contributed by atoms with Crippen LogP contribution in [0.3, 0.4) is 0 Å². The average Bonchev–Trinajstić information content (AvgIpc) is 2.84. The van der Waals surface area contributed by atoms with Crippen LogP contribution in [-0.2, 0) is 16.2 Å². The smallest absolute Gasteiger partial charge is 0.273 e. The number of ether oxygens (including phenoxy) is 1. The van der Waals surface area contributed by atoms with Gasteiger partial charge in [0.25, 0.3) is 5.91 Å². The second-order valence-electron chi connectivity index (χ2n) is 7.78. The van der Waals surface area contributed by atoms with Gasteiger partial charge in [-0.3, -0.25) is 4.79 Å². The van der Waals surface area contributed by atoms with Crippen LogP contribution in [0.4, 0.5) is 0 Å². The van der Waals surface area contributed by atoms with Gasteiger partial charge in [-0.2, -0.15) is 5.10 Å². The Balaban J connectivity index is 1.81. The minimum atomic E-state index is -0.114. The van der Waals surface area contributed by atoms with Gasteiger partial charge >= 0.3 is 0 Å². The fourth-order valence-electron chi connectivity index (χ4n) is 3.67. The molecule has 0 bridgehead atoms. The van der Waals surface area contributed by atoms with Crippen molar-refractivity contribution in [2.45, 2.75) is 46.1 Å². The molecule has 0 fully saturated rings. The maximum absolute atomic E-state index is 13.2. The third kappa shape index (κ3) is 6.06. The number of hydrazone groups is 1. The molecule has 0 spiro atoms. The minimum Gasteiger partial charge on any atom is -0.489 e. The molecule has 6 nitrogen and oxygen atoms in total. The molecule has 0 radical (unpaired) electrons. The molecule has 32 heavy (non-hydrogen) atoms. The van der Waals surface area contributed by atoms with Crippen molar-refractivity contribution >= 4 is 24.1 Å². The summed E-state index contributed by atoms with van der Waals surface area (Å²) in [6.07, 6.45) is 5.10. The SMILES string of the molecule is CCC(CC)CC1=C(c2ccc(OCc3ccccc3)cc2)NCN(/N=C\CC=O)C1=O. The van der Waals surface area contributed by atoms with Gasteiger partial charge in [0.15, 0.2) is 0 Å². The van der Waals surface area contributed by atoms with Crippen LogP contribution in [0.1, 0.15) is 50.7 Å². The van der Waals surface area contributed by atoms with E-state index >= 15 is 0 Å². The lowest BCUT2D eigenvalue weighted by molar-refractivity contribution is -0.128. The second-order valence-corrected chi connectivity index (χ2v) is 7.78. The average molecular weight is 434 g/mol. The van der Waals surface area contributed by atoms with Crippen LogP contribution >= 0.6 is 0 Å². The zero-order valence-corrected chi connectivity index (χ0v) is 18.8. The Morgan fingerprint density at radius 1 is 1.09 bits per heavy atom. The van der Waals surface area contributed by atoms with Crippen LogP contribution in [-0.4, -0.2) is 30.1 Å². The molecule has 1 N–H and O–H groups in total. The van der Waals surface area contributed by atoms with Gasteiger partial charge in [-0.1, -0.05) is 57.0 Å². The summed E-state index contributed by atoms with van der Waals surface area (Å²) in [5.41, 5.74) is 3.63. The van der Waals surface area contributed by atoms with E-state index in [9.17, 15) is 9.59 Å². The largest absolute Gasteiger partial charge is 0.489 e. The molecule has 6 heteroatoms. The topological polar surface area (TPSA) is 71.0 Å². The molecule has 0 aliphatic carbocycles. The van der Waals surface area contributed by atoms with E-state index in [4.69, 9.17) is 4.74 Å². The van der Waals surface area contributed by atoms with Crippen molar-refractivity contribution in [2.75, 3.05) is 6.67 Å². The lowest BCUT2D eigenvalue weighted by Crippen LogP contribution is -2.42. The van der Waals surface area contributed by atoms with Gasteiger partial charge in [-0.05, 0) is 47.7 Å². The first-order valence-corrected chi connectivity index (χ1v) is 11.2. The molecule has 168 valence electrons. The van der Waals surface area contributed by atoms with E-state index in [1.807, 2.05) is 54.6 Å². The standard InChI is InChI=1S/C26H31N3O3/c1-3-20(4-2)17-24-25(27-19-29(26(24)31)28-15-8-16-30)22-11-13-23(14-12-22)32-18-21-9-6-5-7-10-21/h5-7,9-16,20,27H,3-4,8,17-19H2,1-2H3/b28-15-. The van der Waals surface area contributed by atoms with Crippen LogP contribution in [0, 0.1) is 5.92 Å². The van der Waals surface area contributed by atoms with E-state index in [0.717, 1.165) is 47.3 Å². The Kier molecular flexibility index (Phi) is 8.61. The molecule has 2 aromatic rings. The summed E-state index contributed by atoms with van der Waals surface area (Å²) in [4.78, 5) is 23.8. The van der Waals surface area contributed by atoms with E-state index in [-0.39, 0.29) is 19.0 Å². The third-order valence-corrected chi connectivity index (χ3v) is 5.66. The molecule has 1 heterocycles. The van der Waals surface area contributed by atoms with Crippen LogP contribution in [0.15, 0.2) is 65.3 Å². The summed E-state index contributed by atoms with van der Waals surface area (Å²) in [7, 11) is 0. The second kappa shape index (κ2) is 11.8. The van der Waals surface area contributed by atoms with Crippen LogP contribution < -0.4 is 10.1 Å². The molecule has 0 saturated carbocycles. The van der Waals surface area contributed by atoms with E-state index in [1.165, 1.54) is 11.2 Å². The third-order valence-electron chi connectivity index (χ3n) is 5.66. The molecule has 0 saturated heterocycles. The summed E-state index contributed by atoms with van der Waals surface area (Å²) in [6.45, 7) is 5.07. The highest BCUT2D eigenvalue weighted by atomic mass is 16.5. The Hall–Kier alpha value is -3.41. The first kappa shape index (κ1) is 23.3. The number of amides is 1. The number of carbonyl (C=O) groups is 2. The molecule has 0 aromatic heterocycles. The van der Waals surface area contributed by atoms with Crippen LogP contribution in [0.2, 0.25) is 0 Å². The molecule has 3 rings (SSSR count). The van der Waals surface area contributed by atoms with Gasteiger partial charge in [-0.25, -0.2) is 5.01 Å². The molecule has 1 aliphatic heterocycles. The lowest BCUT2D eigenvalue weighted by atomic mass is 9.90. The normalized spacial score (nSPS) is 14.2. The Labute approximate surface area is 190 Å². The monoisotopic (exact) mass is 433 g/mol. The zero-order valence-electron chi connectivity index (χ0n) is 18.8. The highest BCUT2D eigenvalue weighted by Crippen LogP contribution is 2.30. The molecule has 1 aliphatic rings.